The van der Waals surface area contributed by atoms with Gasteiger partial charge >= 0.3 is 0 Å². The minimum absolute atomic E-state index is 0.988. The molecule has 0 saturated carbocycles. The van der Waals surface area contributed by atoms with Crippen molar-refractivity contribution in [1.29, 1.82) is 0 Å². The van der Waals surface area contributed by atoms with Crippen LogP contribution in [0.25, 0.3) is 0 Å². The van der Waals surface area contributed by atoms with Gasteiger partial charge in [0.2, 0.25) is 0 Å². The van der Waals surface area contributed by atoms with Crippen LogP contribution in [0.1, 0.15) is 6.42 Å². The lowest BCUT2D eigenvalue weighted by atomic mass is 10.3. The van der Waals surface area contributed by atoms with E-state index in [2.05, 4.69) is 21.8 Å². The third-order valence-electron chi connectivity index (χ3n) is 1.73. The van der Waals surface area contributed by atoms with Crippen molar-refractivity contribution in [3.63, 3.8) is 0 Å². The van der Waals surface area contributed by atoms with Crippen LogP contribution in [0.5, 0.6) is 0 Å². The van der Waals surface area contributed by atoms with Gasteiger partial charge in [-0.3, -0.25) is 5.01 Å². The smallest absolute Gasteiger partial charge is 0.113 e. The Kier molecular flexibility index (Phi) is 1.09. The van der Waals surface area contributed by atoms with Gasteiger partial charge in [0, 0.05) is 19.6 Å². The summed E-state index contributed by atoms with van der Waals surface area (Å²) in [4.78, 5) is 0. The number of nitrogens with one attached hydrogen (secondary N) is 2. The first kappa shape index (κ1) is 5.11. The number of hydrogen-bond donors (Lipinski definition) is 2. The van der Waals surface area contributed by atoms with E-state index in [1.807, 2.05) is 0 Å². The van der Waals surface area contributed by atoms with Crippen LogP contribution < -0.4 is 10.7 Å². The monoisotopic (exact) mass is 125 g/mol. The van der Waals surface area contributed by atoms with Gasteiger partial charge in [0.1, 0.15) is 5.82 Å². The summed E-state index contributed by atoms with van der Waals surface area (Å²) in [6.45, 7) is 3.27. The number of nitrogens with zero attached hydrogens (tertiary/aromatic N) is 1. The van der Waals surface area contributed by atoms with E-state index in [-0.39, 0.29) is 0 Å². The number of fused-ring (bicyclic) bond motifs is 1. The molecule has 0 aromatic rings. The number of hydrogen-bond acceptors (Lipinski definition) is 3. The zero-order valence-corrected chi connectivity index (χ0v) is 5.35. The van der Waals surface area contributed by atoms with E-state index >= 15 is 0 Å². The van der Waals surface area contributed by atoms with Crippen molar-refractivity contribution in [2.24, 2.45) is 0 Å². The molecule has 0 radical (unpaired) electrons. The molecule has 2 N–H and O–H groups in total. The Balaban J connectivity index is 2.09. The predicted octanol–water partition coefficient (Wildman–Crippen LogP) is -0.359. The van der Waals surface area contributed by atoms with Gasteiger partial charge in [0.25, 0.3) is 0 Å². The molecule has 0 aliphatic carbocycles. The maximum Gasteiger partial charge on any atom is 0.113 e. The average Bonchev–Trinajstić information content (AvgIpc) is 2.33. The van der Waals surface area contributed by atoms with Crippen molar-refractivity contribution in [3.8, 4) is 0 Å². The molecule has 1 fully saturated rings. The predicted molar refractivity (Wildman–Crippen MR) is 35.4 cm³/mol. The number of hydrazine groups is 1. The summed E-state index contributed by atoms with van der Waals surface area (Å²) in [5, 5.41) is 5.48. The molecule has 2 aliphatic rings. The highest BCUT2D eigenvalue weighted by atomic mass is 15.6. The zero-order valence-electron chi connectivity index (χ0n) is 5.35. The van der Waals surface area contributed by atoms with Crippen molar-refractivity contribution in [2.45, 2.75) is 6.42 Å². The quantitative estimate of drug-likeness (QED) is 0.463. The normalized spacial score (nSPS) is 24.9. The lowest BCUT2D eigenvalue weighted by Gasteiger charge is -2.27. The largest absolute Gasteiger partial charge is 0.371 e. The van der Waals surface area contributed by atoms with E-state index in [0.717, 1.165) is 19.6 Å². The van der Waals surface area contributed by atoms with Gasteiger partial charge < -0.3 is 5.32 Å². The molecule has 0 bridgehead atoms. The highest BCUT2D eigenvalue weighted by Crippen LogP contribution is 2.07. The summed E-state index contributed by atoms with van der Waals surface area (Å²) < 4.78 is 0. The first-order valence-corrected chi connectivity index (χ1v) is 3.42. The van der Waals surface area contributed by atoms with Crippen molar-refractivity contribution < 1.29 is 0 Å². The Morgan fingerprint density at radius 3 is 3.44 bits per heavy atom. The molecule has 0 amide bonds. The Hall–Kier alpha value is -0.700. The molecule has 0 unspecified atom stereocenters. The molecule has 0 aromatic heterocycles. The van der Waals surface area contributed by atoms with Gasteiger partial charge in [-0.15, -0.1) is 0 Å². The van der Waals surface area contributed by atoms with E-state index in [4.69, 9.17) is 0 Å². The van der Waals surface area contributed by atoms with Crippen molar-refractivity contribution >= 4 is 0 Å². The van der Waals surface area contributed by atoms with Gasteiger partial charge in [0.05, 0.1) is 0 Å². The van der Waals surface area contributed by atoms with Crippen LogP contribution in [0.3, 0.4) is 0 Å². The van der Waals surface area contributed by atoms with Gasteiger partial charge in [-0.25, -0.2) is 5.43 Å². The van der Waals surface area contributed by atoms with Crippen molar-refractivity contribution in [2.75, 3.05) is 19.6 Å². The molecule has 3 nitrogen and oxygen atoms in total. The fourth-order valence-corrected chi connectivity index (χ4v) is 1.27. The summed E-state index contributed by atoms with van der Waals surface area (Å²) in [5.74, 6) is 1.27. The molecule has 50 valence electrons. The summed E-state index contributed by atoms with van der Waals surface area (Å²) in [5.41, 5.74) is 3.24. The molecule has 1 saturated heterocycles. The first-order valence-electron chi connectivity index (χ1n) is 3.42. The summed E-state index contributed by atoms with van der Waals surface area (Å²) in [6, 6.07) is 0. The second kappa shape index (κ2) is 1.92. The summed E-state index contributed by atoms with van der Waals surface area (Å²) in [6.07, 6.45) is 3.42. The Morgan fingerprint density at radius 1 is 1.56 bits per heavy atom. The molecule has 0 atom stereocenters. The van der Waals surface area contributed by atoms with Gasteiger partial charge in [0.15, 0.2) is 0 Å². The minimum Gasteiger partial charge on any atom is -0.371 e. The van der Waals surface area contributed by atoms with Crippen molar-refractivity contribution in [1.82, 2.24) is 15.8 Å². The van der Waals surface area contributed by atoms with Crippen LogP contribution in [0.2, 0.25) is 0 Å². The van der Waals surface area contributed by atoms with Crippen molar-refractivity contribution in [3.05, 3.63) is 11.9 Å². The Morgan fingerprint density at radius 2 is 2.56 bits per heavy atom. The van der Waals surface area contributed by atoms with Gasteiger partial charge in [-0.05, 0) is 12.5 Å². The van der Waals surface area contributed by atoms with Crippen LogP contribution in [0.4, 0.5) is 0 Å². The van der Waals surface area contributed by atoms with Crippen LogP contribution in [0.15, 0.2) is 11.9 Å². The second-order valence-corrected chi connectivity index (χ2v) is 2.38. The third kappa shape index (κ3) is 0.772. The summed E-state index contributed by atoms with van der Waals surface area (Å²) in [7, 11) is 0. The summed E-state index contributed by atoms with van der Waals surface area (Å²) >= 11 is 0. The fraction of sp³-hybridized carbons (Fsp3) is 0.667. The van der Waals surface area contributed by atoms with Gasteiger partial charge in [-0.2, -0.15) is 0 Å². The zero-order chi connectivity index (χ0) is 6.10. The molecule has 2 aliphatic heterocycles. The van der Waals surface area contributed by atoms with Crippen LogP contribution in [-0.4, -0.2) is 24.6 Å². The number of rotatable bonds is 0. The second-order valence-electron chi connectivity index (χ2n) is 2.38. The van der Waals surface area contributed by atoms with E-state index in [1.54, 1.807) is 0 Å². The maximum absolute atomic E-state index is 3.31. The van der Waals surface area contributed by atoms with E-state index in [1.165, 1.54) is 12.2 Å². The maximum atomic E-state index is 3.31. The molecule has 3 heteroatoms. The molecule has 0 spiro atoms. The fourth-order valence-electron chi connectivity index (χ4n) is 1.27. The van der Waals surface area contributed by atoms with E-state index < -0.39 is 0 Å². The molecule has 2 heterocycles. The molecule has 9 heavy (non-hydrogen) atoms. The lowest BCUT2D eigenvalue weighted by Crippen LogP contribution is -2.42. The van der Waals surface area contributed by atoms with E-state index in [0.29, 0.717) is 0 Å². The van der Waals surface area contributed by atoms with Crippen LogP contribution in [-0.2, 0) is 0 Å². The average molecular weight is 125 g/mol. The Labute approximate surface area is 54.7 Å². The standard InChI is InChI=1S/C6H11N3/c1-3-7-6-2-4-8-9(6)5-1/h2,7-8H,1,3-5H2. The first-order chi connectivity index (χ1) is 4.47. The molecular weight excluding hydrogens is 114 g/mol. The highest BCUT2D eigenvalue weighted by Gasteiger charge is 2.16. The molecule has 0 aromatic carbocycles. The Bertz CT molecular complexity index is 141. The third-order valence-corrected chi connectivity index (χ3v) is 1.73. The SMILES string of the molecule is C1=C2NCCCN2NC1. The minimum atomic E-state index is 0.988. The lowest BCUT2D eigenvalue weighted by molar-refractivity contribution is 0.234. The van der Waals surface area contributed by atoms with E-state index in [9.17, 15) is 0 Å². The highest BCUT2D eigenvalue weighted by molar-refractivity contribution is 5.05. The molecule has 2 rings (SSSR count). The topological polar surface area (TPSA) is 27.3 Å². The van der Waals surface area contributed by atoms with Gasteiger partial charge in [-0.1, -0.05) is 0 Å². The molecular formula is C6H11N3. The van der Waals surface area contributed by atoms with Crippen LogP contribution in [0, 0.1) is 0 Å². The van der Waals surface area contributed by atoms with Crippen LogP contribution >= 0.6 is 0 Å².